The number of hydrogen-bond acceptors (Lipinski definition) is 4. The average molecular weight is 242 g/mol. The molecule has 2 unspecified atom stereocenters. The lowest BCUT2D eigenvalue weighted by Gasteiger charge is -2.36. The van der Waals surface area contributed by atoms with Gasteiger partial charge in [0.1, 0.15) is 5.54 Å². The van der Waals surface area contributed by atoms with Crippen LogP contribution in [0.2, 0.25) is 0 Å². The fraction of sp³-hybridized carbons (Fsp3) is 0.909. The molecule has 0 aromatic rings. The Morgan fingerprint density at radius 3 is 2.44 bits per heavy atom. The zero-order valence-electron chi connectivity index (χ0n) is 9.65. The normalized spacial score (nSPS) is 36.4. The van der Waals surface area contributed by atoms with Crippen LogP contribution in [0.15, 0.2) is 0 Å². The SMILES string of the molecule is CS(=O)(=O)C1CCCC1(C#N)N1CCCC1. The van der Waals surface area contributed by atoms with Gasteiger partial charge >= 0.3 is 0 Å². The second-order valence-electron chi connectivity index (χ2n) is 4.94. The van der Waals surface area contributed by atoms with Crippen LogP contribution in [0.25, 0.3) is 0 Å². The van der Waals surface area contributed by atoms with Crippen LogP contribution < -0.4 is 0 Å². The Morgan fingerprint density at radius 1 is 1.31 bits per heavy atom. The summed E-state index contributed by atoms with van der Waals surface area (Å²) in [6.45, 7) is 1.75. The summed E-state index contributed by atoms with van der Waals surface area (Å²) in [5, 5.41) is 8.97. The molecule has 1 heterocycles. The summed E-state index contributed by atoms with van der Waals surface area (Å²) in [6, 6.07) is 2.32. The third-order valence-corrected chi connectivity index (χ3v) is 5.60. The minimum atomic E-state index is -3.12. The predicted molar refractivity (Wildman–Crippen MR) is 61.6 cm³/mol. The minimum absolute atomic E-state index is 0.483. The summed E-state index contributed by atoms with van der Waals surface area (Å²) in [7, 11) is -3.12. The third-order valence-electron chi connectivity index (χ3n) is 3.94. The van der Waals surface area contributed by atoms with Gasteiger partial charge in [0.2, 0.25) is 0 Å². The van der Waals surface area contributed by atoms with E-state index in [1.165, 1.54) is 6.26 Å². The Hall–Kier alpha value is -0.600. The van der Waals surface area contributed by atoms with E-state index in [9.17, 15) is 13.7 Å². The molecular formula is C11H18N2O2S. The average Bonchev–Trinajstić information content (AvgIpc) is 2.86. The van der Waals surface area contributed by atoms with Gasteiger partial charge in [-0.1, -0.05) is 0 Å². The van der Waals surface area contributed by atoms with E-state index in [0.29, 0.717) is 12.8 Å². The molecule has 0 radical (unpaired) electrons. The Morgan fingerprint density at radius 2 is 1.94 bits per heavy atom. The Kier molecular flexibility index (Phi) is 2.97. The van der Waals surface area contributed by atoms with Gasteiger partial charge in [-0.2, -0.15) is 5.26 Å². The maximum Gasteiger partial charge on any atom is 0.153 e. The van der Waals surface area contributed by atoms with Crippen molar-refractivity contribution < 1.29 is 8.42 Å². The molecule has 2 rings (SSSR count). The van der Waals surface area contributed by atoms with Gasteiger partial charge in [-0.15, -0.1) is 0 Å². The summed E-state index contributed by atoms with van der Waals surface area (Å²) in [4.78, 5) is 2.10. The van der Waals surface area contributed by atoms with Crippen molar-refractivity contribution >= 4 is 9.84 Å². The van der Waals surface area contributed by atoms with Crippen molar-refractivity contribution in [1.29, 1.82) is 5.26 Å². The highest BCUT2D eigenvalue weighted by atomic mass is 32.2. The van der Waals surface area contributed by atoms with Crippen LogP contribution in [-0.4, -0.2) is 43.5 Å². The maximum absolute atomic E-state index is 11.8. The van der Waals surface area contributed by atoms with E-state index in [4.69, 9.17) is 0 Å². The quantitative estimate of drug-likeness (QED) is 0.723. The summed E-state index contributed by atoms with van der Waals surface area (Å²) < 4.78 is 23.6. The Balaban J connectivity index is 2.36. The van der Waals surface area contributed by atoms with Crippen LogP contribution in [-0.2, 0) is 9.84 Å². The van der Waals surface area contributed by atoms with Crippen molar-refractivity contribution in [3.05, 3.63) is 0 Å². The molecule has 0 amide bonds. The fourth-order valence-electron chi connectivity index (χ4n) is 3.20. The van der Waals surface area contributed by atoms with Gasteiger partial charge in [-0.05, 0) is 45.2 Å². The molecule has 2 atom stereocenters. The first kappa shape index (κ1) is 11.9. The molecule has 0 N–H and O–H groups in total. The fourth-order valence-corrected chi connectivity index (χ4v) is 4.82. The molecule has 2 aliphatic rings. The van der Waals surface area contributed by atoms with Crippen LogP contribution in [0.4, 0.5) is 0 Å². The first-order chi connectivity index (χ1) is 7.50. The number of hydrogen-bond donors (Lipinski definition) is 0. The molecule has 0 aromatic heterocycles. The predicted octanol–water partition coefficient (Wildman–Crippen LogP) is 0.942. The molecule has 2 fully saturated rings. The first-order valence-corrected chi connectivity index (χ1v) is 7.81. The van der Waals surface area contributed by atoms with E-state index in [2.05, 4.69) is 11.0 Å². The van der Waals surface area contributed by atoms with E-state index in [-0.39, 0.29) is 0 Å². The summed E-state index contributed by atoms with van der Waals surface area (Å²) in [6.07, 6.45) is 5.64. The lowest BCUT2D eigenvalue weighted by Crippen LogP contribution is -2.54. The van der Waals surface area contributed by atoms with Crippen molar-refractivity contribution in [1.82, 2.24) is 4.90 Å². The number of likely N-dealkylation sites (tertiary alicyclic amines) is 1. The van der Waals surface area contributed by atoms with E-state index in [1.807, 2.05) is 0 Å². The second-order valence-corrected chi connectivity index (χ2v) is 7.17. The number of rotatable bonds is 2. The molecule has 1 saturated carbocycles. The largest absolute Gasteiger partial charge is 0.284 e. The van der Waals surface area contributed by atoms with Gasteiger partial charge in [0.05, 0.1) is 11.3 Å². The molecular weight excluding hydrogens is 224 g/mol. The van der Waals surface area contributed by atoms with Gasteiger partial charge in [-0.25, -0.2) is 8.42 Å². The molecule has 0 spiro atoms. The zero-order valence-corrected chi connectivity index (χ0v) is 10.5. The molecule has 1 saturated heterocycles. The van der Waals surface area contributed by atoms with Crippen molar-refractivity contribution in [3.63, 3.8) is 0 Å². The van der Waals surface area contributed by atoms with Crippen molar-refractivity contribution in [2.75, 3.05) is 19.3 Å². The molecule has 90 valence electrons. The lowest BCUT2D eigenvalue weighted by atomic mass is 9.97. The van der Waals surface area contributed by atoms with Crippen molar-refractivity contribution in [3.8, 4) is 6.07 Å². The van der Waals surface area contributed by atoms with Crippen LogP contribution in [0, 0.1) is 11.3 Å². The molecule has 16 heavy (non-hydrogen) atoms. The Labute approximate surface area is 97.2 Å². The first-order valence-electron chi connectivity index (χ1n) is 5.86. The maximum atomic E-state index is 11.8. The third kappa shape index (κ3) is 1.74. The van der Waals surface area contributed by atoms with Crippen LogP contribution in [0.3, 0.4) is 0 Å². The minimum Gasteiger partial charge on any atom is -0.284 e. The van der Waals surface area contributed by atoms with Crippen LogP contribution >= 0.6 is 0 Å². The molecule has 1 aliphatic heterocycles. The highest BCUT2D eigenvalue weighted by molar-refractivity contribution is 7.91. The van der Waals surface area contributed by atoms with Crippen LogP contribution in [0.1, 0.15) is 32.1 Å². The molecule has 5 heteroatoms. The smallest absolute Gasteiger partial charge is 0.153 e. The Bertz CT molecular complexity index is 406. The standard InChI is InChI=1S/C11H18N2O2S/c1-16(14,15)10-5-4-6-11(10,9-12)13-7-2-3-8-13/h10H,2-8H2,1H3. The van der Waals surface area contributed by atoms with E-state index < -0.39 is 20.6 Å². The second kappa shape index (κ2) is 4.01. The number of nitrogens with zero attached hydrogens (tertiary/aromatic N) is 2. The highest BCUT2D eigenvalue weighted by Gasteiger charge is 2.52. The number of sulfone groups is 1. The monoisotopic (exact) mass is 242 g/mol. The van der Waals surface area contributed by atoms with Crippen molar-refractivity contribution in [2.24, 2.45) is 0 Å². The van der Waals surface area contributed by atoms with Crippen LogP contribution in [0.5, 0.6) is 0 Å². The summed E-state index contributed by atoms with van der Waals surface area (Å²) in [5.41, 5.74) is -0.732. The lowest BCUT2D eigenvalue weighted by molar-refractivity contribution is 0.181. The highest BCUT2D eigenvalue weighted by Crippen LogP contribution is 2.40. The van der Waals surface area contributed by atoms with Gasteiger partial charge in [0.25, 0.3) is 0 Å². The van der Waals surface area contributed by atoms with Gasteiger partial charge < -0.3 is 0 Å². The van der Waals surface area contributed by atoms with Gasteiger partial charge in [-0.3, -0.25) is 4.90 Å². The molecule has 0 bridgehead atoms. The van der Waals surface area contributed by atoms with E-state index in [0.717, 1.165) is 32.4 Å². The molecule has 1 aliphatic carbocycles. The molecule has 0 aromatic carbocycles. The summed E-state index contributed by atoms with van der Waals surface area (Å²) in [5.74, 6) is 0. The van der Waals surface area contributed by atoms with Crippen molar-refractivity contribution in [2.45, 2.75) is 42.9 Å². The van der Waals surface area contributed by atoms with E-state index in [1.54, 1.807) is 0 Å². The number of nitriles is 1. The summed E-state index contributed by atoms with van der Waals surface area (Å²) >= 11 is 0. The molecule has 4 nitrogen and oxygen atoms in total. The van der Waals surface area contributed by atoms with Gasteiger partial charge in [0.15, 0.2) is 9.84 Å². The van der Waals surface area contributed by atoms with E-state index >= 15 is 0 Å². The topological polar surface area (TPSA) is 61.2 Å². The van der Waals surface area contributed by atoms with Gasteiger partial charge in [0, 0.05) is 6.26 Å². The zero-order chi connectivity index (χ0) is 11.8.